The summed E-state index contributed by atoms with van der Waals surface area (Å²) < 4.78 is 7.48. The number of nitrogens with one attached hydrogen (secondary N) is 1. The Balaban J connectivity index is 1.71. The summed E-state index contributed by atoms with van der Waals surface area (Å²) in [4.78, 5) is 20.1. The molecule has 0 aromatic carbocycles. The van der Waals surface area contributed by atoms with Crippen molar-refractivity contribution in [3.63, 3.8) is 0 Å². The van der Waals surface area contributed by atoms with Crippen molar-refractivity contribution in [3.8, 4) is 0 Å². The molecule has 124 valence electrons. The molecule has 0 unspecified atom stereocenters. The summed E-state index contributed by atoms with van der Waals surface area (Å²) in [7, 11) is 0. The number of hydrogen-bond donors (Lipinski definition) is 1. The molecule has 4 rings (SSSR count). The third kappa shape index (κ3) is 2.80. The fourth-order valence-corrected chi connectivity index (χ4v) is 4.04. The molecule has 1 aliphatic carbocycles. The van der Waals surface area contributed by atoms with Gasteiger partial charge in [-0.2, -0.15) is 5.10 Å². The Labute approximate surface area is 135 Å². The molecule has 3 heterocycles. The minimum atomic E-state index is -0.0611. The molecule has 2 aromatic heterocycles. The van der Waals surface area contributed by atoms with E-state index in [1.165, 1.54) is 25.7 Å². The van der Waals surface area contributed by atoms with Crippen LogP contribution in [-0.4, -0.2) is 33.0 Å². The van der Waals surface area contributed by atoms with Crippen LogP contribution in [0.2, 0.25) is 0 Å². The van der Waals surface area contributed by atoms with E-state index in [1.54, 1.807) is 6.20 Å². The maximum absolute atomic E-state index is 12.4. The second-order valence-electron chi connectivity index (χ2n) is 7.10. The van der Waals surface area contributed by atoms with Gasteiger partial charge in [0, 0.05) is 18.9 Å². The molecule has 0 radical (unpaired) electrons. The van der Waals surface area contributed by atoms with Crippen LogP contribution in [0.3, 0.4) is 0 Å². The van der Waals surface area contributed by atoms with Gasteiger partial charge in [0.2, 0.25) is 0 Å². The number of hydrogen-bond acceptors (Lipinski definition) is 4. The molecule has 6 nitrogen and oxygen atoms in total. The molecular formula is C17H24N4O2. The molecule has 1 aliphatic heterocycles. The van der Waals surface area contributed by atoms with Gasteiger partial charge in [-0.3, -0.25) is 4.79 Å². The van der Waals surface area contributed by atoms with Crippen LogP contribution in [0, 0.1) is 11.8 Å². The first kappa shape index (κ1) is 14.9. The molecule has 0 bridgehead atoms. The van der Waals surface area contributed by atoms with Crippen molar-refractivity contribution in [1.82, 2.24) is 19.7 Å². The predicted molar refractivity (Wildman–Crippen MR) is 87.4 cm³/mol. The Morgan fingerprint density at radius 1 is 1.35 bits per heavy atom. The van der Waals surface area contributed by atoms with Gasteiger partial charge < -0.3 is 9.72 Å². The number of aromatic nitrogens is 4. The van der Waals surface area contributed by atoms with Crippen molar-refractivity contribution >= 4 is 11.0 Å². The first-order chi connectivity index (χ1) is 11.2. The van der Waals surface area contributed by atoms with E-state index in [2.05, 4.69) is 17.0 Å². The lowest BCUT2D eigenvalue weighted by Gasteiger charge is -2.29. The van der Waals surface area contributed by atoms with E-state index in [4.69, 9.17) is 9.72 Å². The minimum absolute atomic E-state index is 0.0611. The predicted octanol–water partition coefficient (Wildman–Crippen LogP) is 2.45. The normalized spacial score (nSPS) is 26.1. The van der Waals surface area contributed by atoms with Crippen LogP contribution in [-0.2, 0) is 11.2 Å². The summed E-state index contributed by atoms with van der Waals surface area (Å²) in [6.07, 6.45) is 8.55. The highest BCUT2D eigenvalue weighted by Gasteiger charge is 2.27. The van der Waals surface area contributed by atoms with Gasteiger partial charge in [0.15, 0.2) is 5.65 Å². The fraction of sp³-hybridized carbons (Fsp3) is 0.706. The van der Waals surface area contributed by atoms with Crippen molar-refractivity contribution in [2.45, 2.75) is 51.5 Å². The molecule has 23 heavy (non-hydrogen) atoms. The van der Waals surface area contributed by atoms with Crippen molar-refractivity contribution < 1.29 is 4.74 Å². The van der Waals surface area contributed by atoms with Gasteiger partial charge in [0.05, 0.1) is 18.8 Å². The van der Waals surface area contributed by atoms with Gasteiger partial charge in [-0.15, -0.1) is 0 Å². The van der Waals surface area contributed by atoms with Gasteiger partial charge in [0.1, 0.15) is 11.2 Å². The third-order valence-corrected chi connectivity index (χ3v) is 5.38. The number of ether oxygens (including phenoxy) is 1. The molecule has 2 fully saturated rings. The van der Waals surface area contributed by atoms with Gasteiger partial charge >= 0.3 is 0 Å². The number of rotatable bonds is 3. The van der Waals surface area contributed by atoms with E-state index in [1.807, 2.05) is 4.68 Å². The molecule has 0 amide bonds. The quantitative estimate of drug-likeness (QED) is 0.944. The lowest BCUT2D eigenvalue weighted by molar-refractivity contribution is 0.0262. The Morgan fingerprint density at radius 3 is 2.96 bits per heavy atom. The molecule has 2 atom stereocenters. The fourth-order valence-electron chi connectivity index (χ4n) is 4.04. The standard InChI is InChI=1S/C17H24N4O2/c1-11-10-23-7-6-14(11)21-16-13(9-18-21)17(22)20-15(19-16)8-12-4-2-3-5-12/h9,11-12,14H,2-8,10H2,1H3,(H,19,20,22)/t11-,14+/m0/s1. The van der Waals surface area contributed by atoms with E-state index < -0.39 is 0 Å². The van der Waals surface area contributed by atoms with Crippen molar-refractivity contribution in [2.75, 3.05) is 13.2 Å². The molecule has 2 aromatic rings. The minimum Gasteiger partial charge on any atom is -0.381 e. The number of aromatic amines is 1. The first-order valence-electron chi connectivity index (χ1n) is 8.76. The van der Waals surface area contributed by atoms with Crippen LogP contribution in [0.5, 0.6) is 0 Å². The highest BCUT2D eigenvalue weighted by molar-refractivity contribution is 5.73. The number of H-pyrrole nitrogens is 1. The van der Waals surface area contributed by atoms with Gasteiger partial charge in [-0.25, -0.2) is 9.67 Å². The van der Waals surface area contributed by atoms with E-state index in [9.17, 15) is 4.79 Å². The largest absolute Gasteiger partial charge is 0.381 e. The summed E-state index contributed by atoms with van der Waals surface area (Å²) in [5.74, 6) is 1.86. The van der Waals surface area contributed by atoms with E-state index in [0.29, 0.717) is 17.2 Å². The van der Waals surface area contributed by atoms with Crippen molar-refractivity contribution in [1.29, 1.82) is 0 Å². The average molecular weight is 316 g/mol. The monoisotopic (exact) mass is 316 g/mol. The SMILES string of the molecule is C[C@H]1COCC[C@H]1n1ncc2c(=O)[nH]c(CC3CCCC3)nc21. The molecule has 1 saturated carbocycles. The molecule has 1 N–H and O–H groups in total. The van der Waals surface area contributed by atoms with Crippen LogP contribution in [0.15, 0.2) is 11.0 Å². The summed E-state index contributed by atoms with van der Waals surface area (Å²) in [6, 6.07) is 0.259. The summed E-state index contributed by atoms with van der Waals surface area (Å²) in [6.45, 7) is 3.66. The maximum Gasteiger partial charge on any atom is 0.262 e. The Hall–Kier alpha value is -1.69. The van der Waals surface area contributed by atoms with Crippen LogP contribution in [0.25, 0.3) is 11.0 Å². The molecular weight excluding hydrogens is 292 g/mol. The van der Waals surface area contributed by atoms with Gasteiger partial charge in [0.25, 0.3) is 5.56 Å². The lowest BCUT2D eigenvalue weighted by Crippen LogP contribution is -2.29. The first-order valence-corrected chi connectivity index (χ1v) is 8.76. The van der Waals surface area contributed by atoms with Crippen LogP contribution in [0.4, 0.5) is 0 Å². The Bertz CT molecular complexity index is 745. The topological polar surface area (TPSA) is 72.8 Å². The number of nitrogens with zero attached hydrogens (tertiary/aromatic N) is 3. The zero-order valence-corrected chi connectivity index (χ0v) is 13.6. The van der Waals surface area contributed by atoms with Crippen molar-refractivity contribution in [2.24, 2.45) is 11.8 Å². The van der Waals surface area contributed by atoms with E-state index in [0.717, 1.165) is 37.5 Å². The molecule has 1 saturated heterocycles. The second kappa shape index (κ2) is 6.07. The highest BCUT2D eigenvalue weighted by Crippen LogP contribution is 2.29. The smallest absolute Gasteiger partial charge is 0.262 e. The summed E-state index contributed by atoms with van der Waals surface area (Å²) >= 11 is 0. The summed E-state index contributed by atoms with van der Waals surface area (Å²) in [5.41, 5.74) is 0.675. The Kier molecular flexibility index (Phi) is 3.93. The van der Waals surface area contributed by atoms with E-state index in [-0.39, 0.29) is 11.6 Å². The van der Waals surface area contributed by atoms with E-state index >= 15 is 0 Å². The van der Waals surface area contributed by atoms with Crippen LogP contribution < -0.4 is 5.56 Å². The van der Waals surface area contributed by atoms with Gasteiger partial charge in [-0.1, -0.05) is 32.6 Å². The van der Waals surface area contributed by atoms with Crippen LogP contribution in [0.1, 0.15) is 50.9 Å². The molecule has 2 aliphatic rings. The number of fused-ring (bicyclic) bond motifs is 1. The van der Waals surface area contributed by atoms with Gasteiger partial charge in [-0.05, 0) is 12.3 Å². The highest BCUT2D eigenvalue weighted by atomic mass is 16.5. The molecule has 6 heteroatoms. The zero-order valence-electron chi connectivity index (χ0n) is 13.6. The summed E-state index contributed by atoms with van der Waals surface area (Å²) in [5, 5.41) is 5.08. The van der Waals surface area contributed by atoms with Crippen LogP contribution >= 0.6 is 0 Å². The Morgan fingerprint density at radius 2 is 2.17 bits per heavy atom. The zero-order chi connectivity index (χ0) is 15.8. The third-order valence-electron chi connectivity index (χ3n) is 5.38. The average Bonchev–Trinajstić information content (AvgIpc) is 3.18. The maximum atomic E-state index is 12.4. The lowest BCUT2D eigenvalue weighted by atomic mass is 9.98. The molecule has 0 spiro atoms. The second-order valence-corrected chi connectivity index (χ2v) is 7.10. The van der Waals surface area contributed by atoms with Crippen molar-refractivity contribution in [3.05, 3.63) is 22.4 Å².